The van der Waals surface area contributed by atoms with Gasteiger partial charge in [0.25, 0.3) is 5.69 Å². The number of nitrogens with zero attached hydrogens (tertiary/aromatic N) is 2. The summed E-state index contributed by atoms with van der Waals surface area (Å²) < 4.78 is 5.20. The van der Waals surface area contributed by atoms with Crippen LogP contribution in [0.25, 0.3) is 11.1 Å². The number of esters is 1. The molecule has 9 heteroatoms. The van der Waals surface area contributed by atoms with E-state index in [4.69, 9.17) is 9.84 Å². The third-order valence-corrected chi connectivity index (χ3v) is 4.13. The molecule has 9 nitrogen and oxygen atoms in total. The second-order valence-corrected chi connectivity index (χ2v) is 6.05. The van der Waals surface area contributed by atoms with Crippen molar-refractivity contribution in [2.45, 2.75) is 26.7 Å². The summed E-state index contributed by atoms with van der Waals surface area (Å²) in [7, 11) is 0. The molecule has 0 saturated heterocycles. The number of aromatic nitrogens is 1. The average molecular weight is 388 g/mol. The second kappa shape index (κ2) is 9.05. The lowest BCUT2D eigenvalue weighted by molar-refractivity contribution is -0.384. The van der Waals surface area contributed by atoms with Crippen molar-refractivity contribution in [3.05, 3.63) is 56.9 Å². The number of rotatable bonds is 8. The summed E-state index contributed by atoms with van der Waals surface area (Å²) >= 11 is 0. The third-order valence-electron chi connectivity index (χ3n) is 4.13. The summed E-state index contributed by atoms with van der Waals surface area (Å²) in [5, 5.41) is 30.0. The lowest BCUT2D eigenvalue weighted by Crippen LogP contribution is -2.17. The molecule has 0 amide bonds. The van der Waals surface area contributed by atoms with Gasteiger partial charge in [-0.2, -0.15) is 0 Å². The summed E-state index contributed by atoms with van der Waals surface area (Å²) in [6, 6.07) is 5.61. The van der Waals surface area contributed by atoms with E-state index < -0.39 is 16.9 Å². The molecule has 0 saturated carbocycles. The van der Waals surface area contributed by atoms with Gasteiger partial charge in [-0.1, -0.05) is 12.1 Å². The number of nitro benzene ring substituents is 1. The first kappa shape index (κ1) is 21.0. The Balaban J connectivity index is 2.73. The number of aromatic carboxylic acids is 1. The molecule has 1 aromatic heterocycles. The van der Waals surface area contributed by atoms with Crippen LogP contribution in [0.4, 0.5) is 5.69 Å². The van der Waals surface area contributed by atoms with E-state index in [0.29, 0.717) is 12.8 Å². The van der Waals surface area contributed by atoms with Crippen LogP contribution < -0.4 is 0 Å². The molecule has 1 heterocycles. The highest BCUT2D eigenvalue weighted by Crippen LogP contribution is 2.37. The molecule has 28 heavy (non-hydrogen) atoms. The zero-order valence-corrected chi connectivity index (χ0v) is 15.5. The van der Waals surface area contributed by atoms with Crippen molar-refractivity contribution in [1.29, 1.82) is 0 Å². The van der Waals surface area contributed by atoms with E-state index in [2.05, 4.69) is 4.98 Å². The van der Waals surface area contributed by atoms with Gasteiger partial charge < -0.3 is 14.9 Å². The van der Waals surface area contributed by atoms with Crippen molar-refractivity contribution in [3.63, 3.8) is 0 Å². The lowest BCUT2D eigenvalue weighted by Gasteiger charge is -2.16. The number of nitro groups is 1. The van der Waals surface area contributed by atoms with Gasteiger partial charge in [-0.15, -0.1) is 0 Å². The molecule has 0 spiro atoms. The molecule has 2 aromatic rings. The van der Waals surface area contributed by atoms with Crippen LogP contribution in [0.5, 0.6) is 0 Å². The number of unbranched alkanes of at least 4 members (excludes halogenated alkanes) is 1. The van der Waals surface area contributed by atoms with Crippen LogP contribution in [-0.4, -0.2) is 45.3 Å². The summed E-state index contributed by atoms with van der Waals surface area (Å²) in [6.07, 6.45) is 0.864. The molecule has 0 bridgehead atoms. The van der Waals surface area contributed by atoms with Gasteiger partial charge in [-0.3, -0.25) is 15.1 Å². The summed E-state index contributed by atoms with van der Waals surface area (Å²) in [6.45, 7) is 2.95. The normalized spacial score (nSPS) is 10.5. The summed E-state index contributed by atoms with van der Waals surface area (Å²) in [5.74, 6) is -2.17. The highest BCUT2D eigenvalue weighted by atomic mass is 16.6. The molecular formula is C19H20N2O7. The van der Waals surface area contributed by atoms with Gasteiger partial charge in [0, 0.05) is 18.2 Å². The number of carboxylic acid groups (broad SMARTS) is 1. The first-order valence-electron chi connectivity index (χ1n) is 8.55. The molecule has 2 N–H and O–H groups in total. The van der Waals surface area contributed by atoms with Crippen molar-refractivity contribution in [2.75, 3.05) is 13.2 Å². The van der Waals surface area contributed by atoms with Crippen LogP contribution in [0.1, 0.15) is 44.9 Å². The molecule has 0 fully saturated rings. The first-order chi connectivity index (χ1) is 13.3. The van der Waals surface area contributed by atoms with Crippen LogP contribution in [-0.2, 0) is 4.74 Å². The smallest absolute Gasteiger partial charge is 0.340 e. The lowest BCUT2D eigenvalue weighted by atomic mass is 9.91. The monoisotopic (exact) mass is 388 g/mol. The van der Waals surface area contributed by atoms with E-state index in [1.54, 1.807) is 0 Å². The maximum atomic E-state index is 12.7. The number of hydrogen-bond donors (Lipinski definition) is 2. The number of carboxylic acids is 1. The number of pyridine rings is 1. The zero-order chi connectivity index (χ0) is 20.8. The topological polar surface area (TPSA) is 140 Å². The van der Waals surface area contributed by atoms with Gasteiger partial charge in [0.2, 0.25) is 0 Å². The number of carbonyl (C=O) groups is 2. The minimum Gasteiger partial charge on any atom is -0.478 e. The summed E-state index contributed by atoms with van der Waals surface area (Å²) in [5.41, 5.74) is -0.483. The van der Waals surface area contributed by atoms with E-state index >= 15 is 0 Å². The number of ether oxygens (including phenoxy) is 1. The van der Waals surface area contributed by atoms with Crippen LogP contribution >= 0.6 is 0 Å². The number of hydrogen-bond acceptors (Lipinski definition) is 7. The van der Waals surface area contributed by atoms with Gasteiger partial charge >= 0.3 is 11.9 Å². The largest absolute Gasteiger partial charge is 0.478 e. The molecule has 1 aromatic carbocycles. The van der Waals surface area contributed by atoms with Gasteiger partial charge in [-0.05, 0) is 32.8 Å². The number of para-hydroxylation sites is 1. The molecule has 0 unspecified atom stereocenters. The fourth-order valence-corrected chi connectivity index (χ4v) is 2.93. The van der Waals surface area contributed by atoms with Gasteiger partial charge in [0.05, 0.1) is 39.6 Å². The predicted molar refractivity (Wildman–Crippen MR) is 99.4 cm³/mol. The van der Waals surface area contributed by atoms with Gasteiger partial charge in [0.1, 0.15) is 0 Å². The molecule has 0 radical (unpaired) electrons. The van der Waals surface area contributed by atoms with E-state index in [-0.39, 0.29) is 52.5 Å². The Bertz CT molecular complexity index is 925. The fourth-order valence-electron chi connectivity index (χ4n) is 2.93. The summed E-state index contributed by atoms with van der Waals surface area (Å²) in [4.78, 5) is 39.6. The van der Waals surface area contributed by atoms with E-state index in [1.807, 2.05) is 0 Å². The maximum absolute atomic E-state index is 12.7. The van der Waals surface area contributed by atoms with Crippen molar-refractivity contribution in [1.82, 2.24) is 4.98 Å². The maximum Gasteiger partial charge on any atom is 0.340 e. The van der Waals surface area contributed by atoms with Gasteiger partial charge in [0.15, 0.2) is 0 Å². The SMILES string of the molecule is Cc1nc(C)c(C(=O)OCCCCO)c(-c2ccccc2[N+](=O)[O-])c1C(=O)O. The number of aliphatic hydroxyl groups is 1. The van der Waals surface area contributed by atoms with Crippen molar-refractivity contribution < 1.29 is 29.5 Å². The molecule has 2 rings (SSSR count). The van der Waals surface area contributed by atoms with Crippen LogP contribution in [0.3, 0.4) is 0 Å². The van der Waals surface area contributed by atoms with E-state index in [0.717, 1.165) is 0 Å². The van der Waals surface area contributed by atoms with Gasteiger partial charge in [-0.25, -0.2) is 9.59 Å². The second-order valence-electron chi connectivity index (χ2n) is 6.05. The molecule has 0 aliphatic carbocycles. The molecular weight excluding hydrogens is 368 g/mol. The highest BCUT2D eigenvalue weighted by molar-refractivity contribution is 6.07. The van der Waals surface area contributed by atoms with E-state index in [1.165, 1.54) is 38.1 Å². The molecule has 0 aliphatic rings. The zero-order valence-electron chi connectivity index (χ0n) is 15.5. The number of benzene rings is 1. The molecule has 0 aliphatic heterocycles. The third kappa shape index (κ3) is 4.32. The standard InChI is InChI=1S/C19H20N2O7/c1-11-15(18(23)24)17(13-7-3-4-8-14(13)21(26)27)16(12(2)20-11)19(25)28-10-6-5-9-22/h3-4,7-8,22H,5-6,9-10H2,1-2H3,(H,23,24). The highest BCUT2D eigenvalue weighted by Gasteiger charge is 2.30. The Hall–Kier alpha value is -3.33. The van der Waals surface area contributed by atoms with Crippen molar-refractivity contribution in [3.8, 4) is 11.1 Å². The number of carbonyl (C=O) groups excluding carboxylic acids is 1. The minimum absolute atomic E-state index is 0.000748. The molecule has 0 atom stereocenters. The van der Waals surface area contributed by atoms with Crippen LogP contribution in [0.2, 0.25) is 0 Å². The predicted octanol–water partition coefficient (Wildman–Crippen LogP) is 2.90. The molecule has 148 valence electrons. The first-order valence-corrected chi connectivity index (χ1v) is 8.55. The van der Waals surface area contributed by atoms with Crippen molar-refractivity contribution >= 4 is 17.6 Å². The fraction of sp³-hybridized carbons (Fsp3) is 0.316. The Morgan fingerprint density at radius 2 is 1.79 bits per heavy atom. The van der Waals surface area contributed by atoms with Crippen molar-refractivity contribution in [2.24, 2.45) is 0 Å². The average Bonchev–Trinajstić information content (AvgIpc) is 2.64. The van der Waals surface area contributed by atoms with E-state index in [9.17, 15) is 24.8 Å². The quantitative estimate of drug-likeness (QED) is 0.304. The Labute approximate surface area is 160 Å². The minimum atomic E-state index is -1.35. The number of aliphatic hydroxyl groups excluding tert-OH is 1. The van der Waals surface area contributed by atoms with Crippen LogP contribution in [0, 0.1) is 24.0 Å². The van der Waals surface area contributed by atoms with Crippen LogP contribution in [0.15, 0.2) is 24.3 Å². The Morgan fingerprint density at radius 1 is 1.14 bits per heavy atom. The Kier molecular flexibility index (Phi) is 6.78. The number of aryl methyl sites for hydroxylation is 2. The Morgan fingerprint density at radius 3 is 2.39 bits per heavy atom.